The number of benzene rings is 2. The van der Waals surface area contributed by atoms with Gasteiger partial charge < -0.3 is 18.9 Å². The molecule has 0 aromatic heterocycles. The molecule has 0 amide bonds. The number of carbonyl (C=O) groups excluding carboxylic acids is 3. The van der Waals surface area contributed by atoms with Crippen molar-refractivity contribution >= 4 is 23.4 Å². The summed E-state index contributed by atoms with van der Waals surface area (Å²) in [6, 6.07) is 12.4. The minimum Gasteiger partial charge on any atom is -0.493 e. The van der Waals surface area contributed by atoms with Crippen molar-refractivity contribution in [1.82, 2.24) is 0 Å². The molecule has 2 aromatic carbocycles. The summed E-state index contributed by atoms with van der Waals surface area (Å²) >= 11 is 0. The number of ketones is 1. The maximum Gasteiger partial charge on any atom is 0.337 e. The Morgan fingerprint density at radius 3 is 2.14 bits per heavy atom. The van der Waals surface area contributed by atoms with E-state index < -0.39 is 23.8 Å². The molecule has 0 bridgehead atoms. The van der Waals surface area contributed by atoms with Gasteiger partial charge in [0.15, 0.2) is 17.3 Å². The van der Waals surface area contributed by atoms with Gasteiger partial charge in [0.25, 0.3) is 0 Å². The zero-order valence-electron chi connectivity index (χ0n) is 21.0. The first-order valence-electron chi connectivity index (χ1n) is 11.6. The molecule has 2 aromatic rings. The summed E-state index contributed by atoms with van der Waals surface area (Å²) in [6.45, 7) is 1.78. The highest BCUT2D eigenvalue weighted by atomic mass is 16.5. The van der Waals surface area contributed by atoms with E-state index in [1.165, 1.54) is 14.2 Å². The van der Waals surface area contributed by atoms with Crippen LogP contribution in [0.25, 0.3) is 0 Å². The highest BCUT2D eigenvalue weighted by Gasteiger charge is 2.44. The van der Waals surface area contributed by atoms with Crippen molar-refractivity contribution in [1.29, 1.82) is 0 Å². The van der Waals surface area contributed by atoms with E-state index in [0.29, 0.717) is 40.5 Å². The molecule has 1 aliphatic carbocycles. The van der Waals surface area contributed by atoms with E-state index in [9.17, 15) is 14.4 Å². The summed E-state index contributed by atoms with van der Waals surface area (Å²) in [5.74, 6) is -1.16. The number of methoxy groups -OCH3 is 4. The van der Waals surface area contributed by atoms with Crippen LogP contribution < -0.4 is 9.47 Å². The van der Waals surface area contributed by atoms with Gasteiger partial charge >= 0.3 is 11.9 Å². The normalized spacial score (nSPS) is 21.3. The van der Waals surface area contributed by atoms with Crippen LogP contribution in [0, 0.1) is 5.92 Å². The third-order valence-corrected chi connectivity index (χ3v) is 6.91. The fourth-order valence-corrected chi connectivity index (χ4v) is 5.14. The van der Waals surface area contributed by atoms with Gasteiger partial charge in [-0.1, -0.05) is 18.2 Å². The predicted octanol–water partition coefficient (Wildman–Crippen LogP) is 4.24. The number of ether oxygens (including phenoxy) is 4. The lowest BCUT2D eigenvalue weighted by atomic mass is 9.69. The molecule has 36 heavy (non-hydrogen) atoms. The smallest absolute Gasteiger partial charge is 0.337 e. The summed E-state index contributed by atoms with van der Waals surface area (Å²) in [5, 5.41) is 0. The van der Waals surface area contributed by atoms with Crippen molar-refractivity contribution in [2.45, 2.75) is 31.6 Å². The Hall–Kier alpha value is -3.94. The second-order valence-corrected chi connectivity index (χ2v) is 8.85. The fraction of sp³-hybridized carbons (Fsp3) is 0.357. The molecule has 1 heterocycles. The van der Waals surface area contributed by atoms with E-state index in [1.54, 1.807) is 45.4 Å². The number of hydrogen-bond acceptors (Lipinski definition) is 8. The average Bonchev–Trinajstić information content (AvgIpc) is 2.90. The number of hydrogen-bond donors (Lipinski definition) is 0. The second kappa shape index (κ2) is 10.4. The molecule has 0 N–H and O–H groups in total. The molecular weight excluding hydrogens is 462 g/mol. The van der Waals surface area contributed by atoms with Gasteiger partial charge in [0, 0.05) is 29.3 Å². The first kappa shape index (κ1) is 25.2. The monoisotopic (exact) mass is 491 g/mol. The summed E-state index contributed by atoms with van der Waals surface area (Å²) in [4.78, 5) is 43.1. The minimum atomic E-state index is -0.737. The van der Waals surface area contributed by atoms with Gasteiger partial charge in [0.05, 0.1) is 34.0 Å². The van der Waals surface area contributed by atoms with Gasteiger partial charge in [0.2, 0.25) is 0 Å². The third-order valence-electron chi connectivity index (χ3n) is 6.91. The van der Waals surface area contributed by atoms with Gasteiger partial charge in [-0.05, 0) is 54.7 Å². The predicted molar refractivity (Wildman–Crippen MR) is 133 cm³/mol. The Morgan fingerprint density at radius 1 is 0.861 bits per heavy atom. The summed E-state index contributed by atoms with van der Waals surface area (Å²) in [7, 11) is 5.80. The Kier molecular flexibility index (Phi) is 7.24. The van der Waals surface area contributed by atoms with Crippen LogP contribution in [0.4, 0.5) is 0 Å². The largest absolute Gasteiger partial charge is 0.493 e. The average molecular weight is 492 g/mol. The first-order valence-corrected chi connectivity index (χ1v) is 11.6. The van der Waals surface area contributed by atoms with E-state index >= 15 is 0 Å². The SMILES string of the molecule is COC(=O)c1ccc([C@H]2C3=C(C[C@H](c4ccc(OC)c(OC)c4)CC3=O)N=C(C)C2C(=O)OC)cc1. The first-order chi connectivity index (χ1) is 17.3. The molecule has 0 saturated heterocycles. The molecule has 4 rings (SSSR count). The number of Topliss-reactive ketones (excluding diaryl/α,β-unsaturated/α-hetero) is 1. The molecule has 3 atom stereocenters. The van der Waals surface area contributed by atoms with Crippen LogP contribution in [0.15, 0.2) is 58.7 Å². The highest BCUT2D eigenvalue weighted by Crippen LogP contribution is 2.47. The molecule has 2 aliphatic rings. The number of carbonyl (C=O) groups is 3. The van der Waals surface area contributed by atoms with Crippen molar-refractivity contribution in [3.8, 4) is 11.5 Å². The number of esters is 2. The van der Waals surface area contributed by atoms with Crippen molar-refractivity contribution in [2.75, 3.05) is 28.4 Å². The number of allylic oxidation sites excluding steroid dienone is 2. The van der Waals surface area contributed by atoms with Gasteiger partial charge in [-0.25, -0.2) is 4.79 Å². The lowest BCUT2D eigenvalue weighted by Crippen LogP contribution is -2.37. The molecule has 8 nitrogen and oxygen atoms in total. The molecule has 1 aliphatic heterocycles. The topological polar surface area (TPSA) is 100 Å². The Bertz CT molecular complexity index is 1260. The standard InChI is InChI=1S/C28H29NO7/c1-15-24(28(32)36-5)25(16-6-8-17(9-7-16)27(31)35-4)26-20(29-15)12-19(13-21(26)30)18-10-11-22(33-2)23(14-18)34-3/h6-11,14,19,24-25H,12-13H2,1-5H3/t19-,24?,25+/m0/s1. The molecule has 188 valence electrons. The quantitative estimate of drug-likeness (QED) is 0.557. The molecule has 0 radical (unpaired) electrons. The maximum atomic E-state index is 13.6. The maximum absolute atomic E-state index is 13.6. The van der Waals surface area contributed by atoms with Gasteiger partial charge in [-0.15, -0.1) is 0 Å². The Morgan fingerprint density at radius 2 is 1.53 bits per heavy atom. The van der Waals surface area contributed by atoms with E-state index in [0.717, 1.165) is 11.1 Å². The lowest BCUT2D eigenvalue weighted by molar-refractivity contribution is -0.143. The van der Waals surface area contributed by atoms with E-state index in [4.69, 9.17) is 23.9 Å². The molecular formula is C28H29NO7. The second-order valence-electron chi connectivity index (χ2n) is 8.85. The Balaban J connectivity index is 1.77. The number of nitrogens with zero attached hydrogens (tertiary/aromatic N) is 1. The van der Waals surface area contributed by atoms with Crippen LogP contribution >= 0.6 is 0 Å². The van der Waals surface area contributed by atoms with Crippen molar-refractivity contribution in [2.24, 2.45) is 10.9 Å². The van der Waals surface area contributed by atoms with Gasteiger partial charge in [-0.3, -0.25) is 14.6 Å². The van der Waals surface area contributed by atoms with Crippen molar-refractivity contribution in [3.63, 3.8) is 0 Å². The molecule has 0 fully saturated rings. The van der Waals surface area contributed by atoms with E-state index in [2.05, 4.69) is 0 Å². The summed E-state index contributed by atoms with van der Waals surface area (Å²) in [6.07, 6.45) is 0.812. The fourth-order valence-electron chi connectivity index (χ4n) is 5.14. The van der Waals surface area contributed by atoms with Crippen LogP contribution in [0.2, 0.25) is 0 Å². The van der Waals surface area contributed by atoms with Crippen LogP contribution in [-0.4, -0.2) is 51.9 Å². The van der Waals surface area contributed by atoms with Crippen LogP contribution in [0.1, 0.15) is 53.1 Å². The lowest BCUT2D eigenvalue weighted by Gasteiger charge is -2.36. The molecule has 0 saturated carbocycles. The number of aliphatic imine (C=N–C) groups is 1. The van der Waals surface area contributed by atoms with Gasteiger partial charge in [0.1, 0.15) is 5.92 Å². The van der Waals surface area contributed by atoms with Crippen molar-refractivity contribution in [3.05, 3.63) is 70.4 Å². The molecule has 1 unspecified atom stereocenters. The Labute approximate surface area is 209 Å². The molecule has 0 spiro atoms. The molecule has 8 heteroatoms. The summed E-state index contributed by atoms with van der Waals surface area (Å²) in [5.41, 5.74) is 3.86. The van der Waals surface area contributed by atoms with Gasteiger partial charge in [-0.2, -0.15) is 0 Å². The number of rotatable bonds is 6. The van der Waals surface area contributed by atoms with E-state index in [-0.39, 0.29) is 18.1 Å². The van der Waals surface area contributed by atoms with E-state index in [1.807, 2.05) is 18.2 Å². The van der Waals surface area contributed by atoms with Crippen molar-refractivity contribution < 1.29 is 33.3 Å². The zero-order chi connectivity index (χ0) is 26.0. The van der Waals surface area contributed by atoms with Crippen LogP contribution in [-0.2, 0) is 19.1 Å². The highest BCUT2D eigenvalue weighted by molar-refractivity contribution is 6.09. The van der Waals surface area contributed by atoms with Crippen LogP contribution in [0.5, 0.6) is 11.5 Å². The zero-order valence-corrected chi connectivity index (χ0v) is 21.0. The minimum absolute atomic E-state index is 0.0665. The third kappa shape index (κ3) is 4.51. The van der Waals surface area contributed by atoms with Crippen LogP contribution in [0.3, 0.4) is 0 Å². The summed E-state index contributed by atoms with van der Waals surface area (Å²) < 4.78 is 20.7.